The van der Waals surface area contributed by atoms with Crippen LogP contribution in [0.3, 0.4) is 0 Å². The van der Waals surface area contributed by atoms with Crippen LogP contribution in [-0.4, -0.2) is 51.0 Å². The normalized spacial score (nSPS) is 17.5. The molecule has 0 bridgehead atoms. The first-order valence-corrected chi connectivity index (χ1v) is 9.92. The molecule has 2 unspecified atom stereocenters. The maximum Gasteiger partial charge on any atom is 0.227 e. The summed E-state index contributed by atoms with van der Waals surface area (Å²) >= 11 is 6.34. The van der Waals surface area contributed by atoms with E-state index in [9.17, 15) is 9.59 Å². The predicted molar refractivity (Wildman–Crippen MR) is 114 cm³/mol. The molecule has 0 spiro atoms. The number of rotatable bonds is 7. The number of methoxy groups -OCH3 is 1. The molecule has 6 nitrogen and oxygen atoms in total. The minimum Gasteiger partial charge on any atom is -0.495 e. The van der Waals surface area contributed by atoms with Gasteiger partial charge >= 0.3 is 0 Å². The third-order valence-corrected chi connectivity index (χ3v) is 5.57. The molecule has 1 aliphatic heterocycles. The Labute approximate surface area is 176 Å². The summed E-state index contributed by atoms with van der Waals surface area (Å²) in [6.07, 6.45) is 0.183. The van der Waals surface area contributed by atoms with E-state index in [0.29, 0.717) is 29.5 Å². The Morgan fingerprint density at radius 2 is 1.93 bits per heavy atom. The molecule has 2 aromatic carbocycles. The standard InChI is InChI=1S/C22H26ClN3O3/c1-25(2)19(16-8-4-5-9-17(16)23)13-24-22(28)15-12-21(27)26(14-15)18-10-6-7-11-20(18)29-3/h4-11,15,19H,12-14H2,1-3H3,(H,24,28). The van der Waals surface area contributed by atoms with Crippen molar-refractivity contribution < 1.29 is 14.3 Å². The molecule has 0 aromatic heterocycles. The smallest absolute Gasteiger partial charge is 0.227 e. The van der Waals surface area contributed by atoms with Crippen LogP contribution in [0.1, 0.15) is 18.0 Å². The first-order valence-electron chi connectivity index (χ1n) is 9.54. The molecule has 1 fully saturated rings. The van der Waals surface area contributed by atoms with Gasteiger partial charge in [-0.05, 0) is 37.9 Å². The number of anilines is 1. The summed E-state index contributed by atoms with van der Waals surface area (Å²) in [4.78, 5) is 29.0. The largest absolute Gasteiger partial charge is 0.495 e. The minimum absolute atomic E-state index is 0.0601. The highest BCUT2D eigenvalue weighted by Crippen LogP contribution is 2.33. The first-order chi connectivity index (χ1) is 13.9. The van der Waals surface area contributed by atoms with E-state index >= 15 is 0 Å². The fourth-order valence-corrected chi connectivity index (χ4v) is 3.89. The van der Waals surface area contributed by atoms with Crippen molar-refractivity contribution in [1.29, 1.82) is 0 Å². The molecule has 0 radical (unpaired) electrons. The maximum atomic E-state index is 12.8. The third-order valence-electron chi connectivity index (χ3n) is 5.23. The molecule has 2 amide bonds. The van der Waals surface area contributed by atoms with Crippen molar-refractivity contribution in [1.82, 2.24) is 10.2 Å². The molecule has 29 heavy (non-hydrogen) atoms. The molecule has 154 valence electrons. The van der Waals surface area contributed by atoms with Crippen LogP contribution in [0.5, 0.6) is 5.75 Å². The number of nitrogens with one attached hydrogen (secondary N) is 1. The number of halogens is 1. The summed E-state index contributed by atoms with van der Waals surface area (Å²) in [5.74, 6) is 0.00864. The number of ether oxygens (including phenoxy) is 1. The average Bonchev–Trinajstić information content (AvgIpc) is 3.10. The average molecular weight is 416 g/mol. The molecule has 3 rings (SSSR count). The van der Waals surface area contributed by atoms with E-state index in [1.807, 2.05) is 61.5 Å². The van der Waals surface area contributed by atoms with Gasteiger partial charge in [-0.3, -0.25) is 9.59 Å². The molecular formula is C22H26ClN3O3. The van der Waals surface area contributed by atoms with Crippen LogP contribution < -0.4 is 15.0 Å². The maximum absolute atomic E-state index is 12.8. The second-order valence-electron chi connectivity index (χ2n) is 7.32. The van der Waals surface area contributed by atoms with Gasteiger partial charge in [0.15, 0.2) is 0 Å². The van der Waals surface area contributed by atoms with Crippen LogP contribution in [0, 0.1) is 5.92 Å². The molecule has 2 atom stereocenters. The lowest BCUT2D eigenvalue weighted by Gasteiger charge is -2.26. The van der Waals surface area contributed by atoms with E-state index in [-0.39, 0.29) is 24.3 Å². The molecule has 0 saturated carbocycles. The molecule has 1 N–H and O–H groups in total. The van der Waals surface area contributed by atoms with E-state index in [2.05, 4.69) is 5.32 Å². The number of carbonyl (C=O) groups excluding carboxylic acids is 2. The van der Waals surface area contributed by atoms with Gasteiger partial charge in [-0.25, -0.2) is 0 Å². The van der Waals surface area contributed by atoms with E-state index in [1.165, 1.54) is 0 Å². The number of nitrogens with zero attached hydrogens (tertiary/aromatic N) is 2. The Hall–Kier alpha value is -2.57. The van der Waals surface area contributed by atoms with Crippen molar-refractivity contribution >= 4 is 29.1 Å². The van der Waals surface area contributed by atoms with Crippen molar-refractivity contribution in [2.45, 2.75) is 12.5 Å². The van der Waals surface area contributed by atoms with Crippen LogP contribution in [0.25, 0.3) is 0 Å². The van der Waals surface area contributed by atoms with Gasteiger partial charge in [-0.1, -0.05) is 41.9 Å². The fourth-order valence-electron chi connectivity index (χ4n) is 3.63. The van der Waals surface area contributed by atoms with E-state index in [0.717, 1.165) is 5.56 Å². The van der Waals surface area contributed by atoms with Gasteiger partial charge in [0.05, 0.1) is 24.8 Å². The second kappa shape index (κ2) is 9.29. The Kier molecular flexibility index (Phi) is 6.77. The third kappa shape index (κ3) is 4.71. The Balaban J connectivity index is 1.67. The van der Waals surface area contributed by atoms with Crippen LogP contribution >= 0.6 is 11.6 Å². The molecule has 0 aliphatic carbocycles. The lowest BCUT2D eigenvalue weighted by atomic mass is 10.0. The topological polar surface area (TPSA) is 61.9 Å². The molecule has 2 aromatic rings. The van der Waals surface area contributed by atoms with Gasteiger partial charge in [-0.15, -0.1) is 0 Å². The number of hydrogen-bond acceptors (Lipinski definition) is 4. The van der Waals surface area contributed by atoms with Crippen molar-refractivity contribution in [3.05, 3.63) is 59.1 Å². The van der Waals surface area contributed by atoms with E-state index in [4.69, 9.17) is 16.3 Å². The van der Waals surface area contributed by atoms with E-state index < -0.39 is 5.92 Å². The van der Waals surface area contributed by atoms with Gasteiger partial charge in [0.1, 0.15) is 5.75 Å². The van der Waals surface area contributed by atoms with Crippen LogP contribution in [0.4, 0.5) is 5.69 Å². The number of hydrogen-bond donors (Lipinski definition) is 1. The number of para-hydroxylation sites is 2. The van der Waals surface area contributed by atoms with Gasteiger partial charge in [0.2, 0.25) is 11.8 Å². The van der Waals surface area contributed by atoms with Gasteiger partial charge in [-0.2, -0.15) is 0 Å². The fraction of sp³-hybridized carbons (Fsp3) is 0.364. The summed E-state index contributed by atoms with van der Waals surface area (Å²) in [6, 6.07) is 14.9. The SMILES string of the molecule is COc1ccccc1N1CC(C(=O)NCC(c2ccccc2Cl)N(C)C)CC1=O. The zero-order chi connectivity index (χ0) is 21.0. The zero-order valence-electron chi connectivity index (χ0n) is 16.9. The lowest BCUT2D eigenvalue weighted by Crippen LogP contribution is -2.38. The summed E-state index contributed by atoms with van der Waals surface area (Å²) < 4.78 is 5.35. The molecule has 1 saturated heterocycles. The van der Waals surface area contributed by atoms with Crippen molar-refractivity contribution in [3.8, 4) is 5.75 Å². The molecular weight excluding hydrogens is 390 g/mol. The Morgan fingerprint density at radius 1 is 1.24 bits per heavy atom. The minimum atomic E-state index is -0.401. The van der Waals surface area contributed by atoms with Gasteiger partial charge < -0.3 is 19.9 Å². The predicted octanol–water partition coefficient (Wildman–Crippen LogP) is 3.12. The summed E-state index contributed by atoms with van der Waals surface area (Å²) in [6.45, 7) is 0.749. The zero-order valence-corrected chi connectivity index (χ0v) is 17.6. The number of benzene rings is 2. The highest BCUT2D eigenvalue weighted by Gasteiger charge is 2.36. The number of likely N-dealkylation sites (N-methyl/N-ethyl adjacent to an activating group) is 1. The van der Waals surface area contributed by atoms with Crippen molar-refractivity contribution in [2.75, 3.05) is 39.2 Å². The van der Waals surface area contributed by atoms with Crippen molar-refractivity contribution in [2.24, 2.45) is 5.92 Å². The Morgan fingerprint density at radius 3 is 2.62 bits per heavy atom. The quantitative estimate of drug-likeness (QED) is 0.754. The molecule has 7 heteroatoms. The van der Waals surface area contributed by atoms with Crippen molar-refractivity contribution in [3.63, 3.8) is 0 Å². The Bertz CT molecular complexity index is 887. The molecule has 1 aliphatic rings. The van der Waals surface area contributed by atoms with E-state index in [1.54, 1.807) is 18.1 Å². The lowest BCUT2D eigenvalue weighted by molar-refractivity contribution is -0.126. The summed E-state index contributed by atoms with van der Waals surface area (Å²) in [7, 11) is 5.46. The second-order valence-corrected chi connectivity index (χ2v) is 7.73. The summed E-state index contributed by atoms with van der Waals surface area (Å²) in [5, 5.41) is 3.67. The van der Waals surface area contributed by atoms with Crippen LogP contribution in [0.15, 0.2) is 48.5 Å². The van der Waals surface area contributed by atoms with Crippen LogP contribution in [-0.2, 0) is 9.59 Å². The van der Waals surface area contributed by atoms with Gasteiger partial charge in [0, 0.05) is 24.5 Å². The highest BCUT2D eigenvalue weighted by atomic mass is 35.5. The van der Waals surface area contributed by atoms with Gasteiger partial charge in [0.25, 0.3) is 0 Å². The number of amides is 2. The highest BCUT2D eigenvalue weighted by molar-refractivity contribution is 6.31. The number of carbonyl (C=O) groups is 2. The monoisotopic (exact) mass is 415 g/mol. The van der Waals surface area contributed by atoms with Crippen LogP contribution in [0.2, 0.25) is 5.02 Å². The molecule has 1 heterocycles. The first kappa shape index (κ1) is 21.1. The summed E-state index contributed by atoms with van der Waals surface area (Å²) in [5.41, 5.74) is 1.65.